The summed E-state index contributed by atoms with van der Waals surface area (Å²) < 4.78 is 3.55. The maximum atomic E-state index is 12.5. The third kappa shape index (κ3) is 2.74. The summed E-state index contributed by atoms with van der Waals surface area (Å²) in [7, 11) is 3.69. The molecule has 0 aliphatic carbocycles. The summed E-state index contributed by atoms with van der Waals surface area (Å²) in [5.41, 5.74) is 3.44. The summed E-state index contributed by atoms with van der Waals surface area (Å²) in [4.78, 5) is 14.2. The lowest BCUT2D eigenvalue weighted by Crippen LogP contribution is -2.26. The largest absolute Gasteiger partial charge is 0.337 e. The van der Waals surface area contributed by atoms with Gasteiger partial charge in [-0.3, -0.25) is 14.2 Å². The average Bonchev–Trinajstić information content (AvgIpc) is 2.91. The Kier molecular flexibility index (Phi) is 3.92. The van der Waals surface area contributed by atoms with E-state index in [4.69, 9.17) is 0 Å². The lowest BCUT2D eigenvalue weighted by molar-refractivity contribution is 0.0784. The normalized spacial score (nSPS) is 10.8. The fraction of sp³-hybridized carbons (Fsp3) is 0.500. The molecule has 20 heavy (non-hydrogen) atoms. The molecule has 0 radical (unpaired) electrons. The summed E-state index contributed by atoms with van der Waals surface area (Å²) in [6, 6.07) is 0. The highest BCUT2D eigenvalue weighted by Gasteiger charge is 2.18. The van der Waals surface area contributed by atoms with E-state index in [1.54, 1.807) is 21.3 Å². The van der Waals surface area contributed by atoms with E-state index >= 15 is 0 Å². The molecule has 0 aromatic carbocycles. The van der Waals surface area contributed by atoms with E-state index in [0.717, 1.165) is 23.5 Å². The van der Waals surface area contributed by atoms with Crippen molar-refractivity contribution in [3.63, 3.8) is 0 Å². The Bertz CT molecular complexity index is 626. The number of amides is 1. The van der Waals surface area contributed by atoms with Gasteiger partial charge in [0.15, 0.2) is 0 Å². The third-order valence-corrected chi connectivity index (χ3v) is 3.37. The molecule has 2 heterocycles. The van der Waals surface area contributed by atoms with Crippen molar-refractivity contribution in [1.82, 2.24) is 24.5 Å². The minimum atomic E-state index is -0.00884. The molecule has 0 bridgehead atoms. The Labute approximate surface area is 119 Å². The lowest BCUT2D eigenvalue weighted by atomic mass is 10.2. The van der Waals surface area contributed by atoms with Crippen LogP contribution in [0, 0.1) is 13.8 Å². The van der Waals surface area contributed by atoms with Crippen molar-refractivity contribution >= 4 is 5.91 Å². The van der Waals surface area contributed by atoms with Crippen LogP contribution in [-0.2, 0) is 20.1 Å². The smallest absolute Gasteiger partial charge is 0.257 e. The summed E-state index contributed by atoms with van der Waals surface area (Å²) in [6.07, 6.45) is 3.76. The Morgan fingerprint density at radius 2 is 1.95 bits per heavy atom. The molecule has 2 aromatic rings. The summed E-state index contributed by atoms with van der Waals surface area (Å²) >= 11 is 0. The third-order valence-electron chi connectivity index (χ3n) is 3.37. The molecule has 0 unspecified atom stereocenters. The fourth-order valence-electron chi connectivity index (χ4n) is 2.23. The number of hydrogen-bond acceptors (Lipinski definition) is 3. The Morgan fingerprint density at radius 1 is 1.25 bits per heavy atom. The van der Waals surface area contributed by atoms with Gasteiger partial charge in [0.05, 0.1) is 17.0 Å². The van der Waals surface area contributed by atoms with E-state index in [1.807, 2.05) is 40.2 Å². The standard InChI is InChI=1S/C14H21N5O/c1-6-19-9-13(11(3)16-19)14(20)17(4)7-12-8-18(5)15-10(12)2/h8-9H,6-7H2,1-5H3. The highest BCUT2D eigenvalue weighted by Crippen LogP contribution is 2.13. The monoisotopic (exact) mass is 275 g/mol. The Morgan fingerprint density at radius 3 is 2.45 bits per heavy atom. The molecule has 1 amide bonds. The molecule has 2 aromatic heterocycles. The first kappa shape index (κ1) is 14.3. The minimum absolute atomic E-state index is 0.00884. The van der Waals surface area contributed by atoms with Gasteiger partial charge in [0, 0.05) is 45.1 Å². The molecule has 2 rings (SSSR count). The summed E-state index contributed by atoms with van der Waals surface area (Å²) in [5.74, 6) is -0.00884. The van der Waals surface area contributed by atoms with E-state index in [-0.39, 0.29) is 5.91 Å². The van der Waals surface area contributed by atoms with E-state index in [2.05, 4.69) is 10.2 Å². The molecule has 6 heteroatoms. The van der Waals surface area contributed by atoms with Crippen molar-refractivity contribution in [3.8, 4) is 0 Å². The van der Waals surface area contributed by atoms with Crippen LogP contribution in [0.4, 0.5) is 0 Å². The molecule has 0 saturated carbocycles. The number of hydrogen-bond donors (Lipinski definition) is 0. The molecule has 6 nitrogen and oxygen atoms in total. The molecule has 0 aliphatic rings. The quantitative estimate of drug-likeness (QED) is 0.850. The van der Waals surface area contributed by atoms with Gasteiger partial charge in [-0.05, 0) is 20.8 Å². The van der Waals surface area contributed by atoms with Crippen LogP contribution in [0.1, 0.15) is 34.2 Å². The topological polar surface area (TPSA) is 56.0 Å². The van der Waals surface area contributed by atoms with Crippen LogP contribution >= 0.6 is 0 Å². The predicted molar refractivity (Wildman–Crippen MR) is 76.4 cm³/mol. The van der Waals surface area contributed by atoms with E-state index < -0.39 is 0 Å². The second-order valence-corrected chi connectivity index (χ2v) is 5.06. The van der Waals surface area contributed by atoms with E-state index in [9.17, 15) is 4.79 Å². The maximum absolute atomic E-state index is 12.5. The number of aryl methyl sites for hydroxylation is 4. The van der Waals surface area contributed by atoms with Gasteiger partial charge in [0.25, 0.3) is 5.91 Å². The zero-order valence-corrected chi connectivity index (χ0v) is 12.7. The van der Waals surface area contributed by atoms with Crippen molar-refractivity contribution in [2.45, 2.75) is 33.9 Å². The average molecular weight is 275 g/mol. The molecule has 0 saturated heterocycles. The van der Waals surface area contributed by atoms with Crippen LogP contribution in [0.2, 0.25) is 0 Å². The SMILES string of the molecule is CCn1cc(C(=O)N(C)Cc2cn(C)nc2C)c(C)n1. The highest BCUT2D eigenvalue weighted by atomic mass is 16.2. The predicted octanol–water partition coefficient (Wildman–Crippen LogP) is 1.53. The van der Waals surface area contributed by atoms with Crippen LogP contribution < -0.4 is 0 Å². The van der Waals surface area contributed by atoms with Crippen LogP contribution in [0.25, 0.3) is 0 Å². The second kappa shape index (κ2) is 5.48. The number of aromatic nitrogens is 4. The van der Waals surface area contributed by atoms with Crippen molar-refractivity contribution in [2.75, 3.05) is 7.05 Å². The number of carbonyl (C=O) groups excluding carboxylic acids is 1. The lowest BCUT2D eigenvalue weighted by Gasteiger charge is -2.16. The van der Waals surface area contributed by atoms with Crippen molar-refractivity contribution in [1.29, 1.82) is 0 Å². The first-order chi connectivity index (χ1) is 9.42. The molecule has 0 aliphatic heterocycles. The molecule has 108 valence electrons. The molecule has 0 atom stereocenters. The van der Waals surface area contributed by atoms with Crippen LogP contribution in [-0.4, -0.2) is 37.4 Å². The Balaban J connectivity index is 2.16. The van der Waals surface area contributed by atoms with E-state index in [0.29, 0.717) is 12.1 Å². The van der Waals surface area contributed by atoms with Gasteiger partial charge in [0.2, 0.25) is 0 Å². The first-order valence-electron chi connectivity index (χ1n) is 6.71. The number of rotatable bonds is 4. The maximum Gasteiger partial charge on any atom is 0.257 e. The van der Waals surface area contributed by atoms with Crippen molar-refractivity contribution < 1.29 is 4.79 Å². The summed E-state index contributed by atoms with van der Waals surface area (Å²) in [5, 5.41) is 8.61. The Hall–Kier alpha value is -2.11. The van der Waals surface area contributed by atoms with Gasteiger partial charge in [-0.25, -0.2) is 0 Å². The zero-order valence-electron chi connectivity index (χ0n) is 12.7. The van der Waals surface area contributed by atoms with Gasteiger partial charge >= 0.3 is 0 Å². The highest BCUT2D eigenvalue weighted by molar-refractivity contribution is 5.94. The van der Waals surface area contributed by atoms with Crippen LogP contribution in [0.3, 0.4) is 0 Å². The van der Waals surface area contributed by atoms with Gasteiger partial charge in [-0.1, -0.05) is 0 Å². The van der Waals surface area contributed by atoms with Crippen LogP contribution in [0.15, 0.2) is 12.4 Å². The van der Waals surface area contributed by atoms with Crippen LogP contribution in [0.5, 0.6) is 0 Å². The van der Waals surface area contributed by atoms with Gasteiger partial charge < -0.3 is 4.90 Å². The molecule has 0 spiro atoms. The minimum Gasteiger partial charge on any atom is -0.337 e. The molecular weight excluding hydrogens is 254 g/mol. The van der Waals surface area contributed by atoms with Gasteiger partial charge in [-0.2, -0.15) is 10.2 Å². The zero-order chi connectivity index (χ0) is 14.9. The second-order valence-electron chi connectivity index (χ2n) is 5.06. The van der Waals surface area contributed by atoms with Crippen molar-refractivity contribution in [3.05, 3.63) is 34.9 Å². The fourth-order valence-corrected chi connectivity index (χ4v) is 2.23. The molecular formula is C14H21N5O. The number of carbonyl (C=O) groups is 1. The first-order valence-corrected chi connectivity index (χ1v) is 6.71. The number of nitrogens with zero attached hydrogens (tertiary/aromatic N) is 5. The van der Waals surface area contributed by atoms with Gasteiger partial charge in [-0.15, -0.1) is 0 Å². The molecule has 0 N–H and O–H groups in total. The van der Waals surface area contributed by atoms with E-state index in [1.165, 1.54) is 0 Å². The molecule has 0 fully saturated rings. The van der Waals surface area contributed by atoms with Gasteiger partial charge in [0.1, 0.15) is 0 Å². The summed E-state index contributed by atoms with van der Waals surface area (Å²) in [6.45, 7) is 7.13. The van der Waals surface area contributed by atoms with Crippen molar-refractivity contribution in [2.24, 2.45) is 7.05 Å².